The highest BCUT2D eigenvalue weighted by Crippen LogP contribution is 2.27. The van der Waals surface area contributed by atoms with E-state index in [1.54, 1.807) is 0 Å². The first kappa shape index (κ1) is 16.9. The smallest absolute Gasteiger partial charge is 0.275 e. The summed E-state index contributed by atoms with van der Waals surface area (Å²) in [5.74, 6) is -0.822. The normalized spacial score (nSPS) is 12.0. The van der Waals surface area contributed by atoms with Gasteiger partial charge in [0, 0.05) is 18.0 Å². The molecule has 0 aliphatic rings. The summed E-state index contributed by atoms with van der Waals surface area (Å²) in [5, 5.41) is 22.7. The van der Waals surface area contributed by atoms with E-state index >= 15 is 0 Å². The van der Waals surface area contributed by atoms with Gasteiger partial charge in [0.05, 0.1) is 29.7 Å². The zero-order valence-electron chi connectivity index (χ0n) is 12.2. The molecular formula is C14H18FN3O3. The maximum absolute atomic E-state index is 13.7. The van der Waals surface area contributed by atoms with E-state index in [0.29, 0.717) is 12.0 Å². The lowest BCUT2D eigenvalue weighted by atomic mass is 10.2. The monoisotopic (exact) mass is 295 g/mol. The fourth-order valence-electron chi connectivity index (χ4n) is 1.83. The standard InChI is InChI=1S/C14H18FN3O3/c1-9(2)17-11(8-16)4-5-21-14-6-10(3)13(18(19)20)7-12(14)15/h6-7,9,11,17H,4-5H2,1-3H3. The lowest BCUT2D eigenvalue weighted by Crippen LogP contribution is -2.34. The van der Waals surface area contributed by atoms with Crippen molar-refractivity contribution in [3.05, 3.63) is 33.6 Å². The molecule has 0 spiro atoms. The summed E-state index contributed by atoms with van der Waals surface area (Å²) >= 11 is 0. The van der Waals surface area contributed by atoms with E-state index in [1.807, 2.05) is 13.8 Å². The van der Waals surface area contributed by atoms with Crippen molar-refractivity contribution < 1.29 is 14.1 Å². The molecular weight excluding hydrogens is 277 g/mol. The van der Waals surface area contributed by atoms with Gasteiger partial charge >= 0.3 is 0 Å². The van der Waals surface area contributed by atoms with Crippen LogP contribution in [0.25, 0.3) is 0 Å². The number of hydrogen-bond donors (Lipinski definition) is 1. The van der Waals surface area contributed by atoms with Crippen LogP contribution in [-0.2, 0) is 0 Å². The first-order chi connectivity index (χ1) is 9.85. The Kier molecular flexibility index (Phi) is 6.06. The van der Waals surface area contributed by atoms with Gasteiger partial charge in [-0.2, -0.15) is 5.26 Å². The number of nitrogens with zero attached hydrogens (tertiary/aromatic N) is 2. The molecule has 21 heavy (non-hydrogen) atoms. The molecule has 0 aliphatic carbocycles. The third-order valence-electron chi connectivity index (χ3n) is 2.80. The Bertz CT molecular complexity index is 555. The lowest BCUT2D eigenvalue weighted by molar-refractivity contribution is -0.385. The third-order valence-corrected chi connectivity index (χ3v) is 2.80. The number of ether oxygens (including phenoxy) is 1. The molecule has 114 valence electrons. The number of benzene rings is 1. The number of nitrogens with one attached hydrogen (secondary N) is 1. The molecule has 1 N–H and O–H groups in total. The number of aryl methyl sites for hydroxylation is 1. The van der Waals surface area contributed by atoms with Crippen LogP contribution in [0.15, 0.2) is 12.1 Å². The molecule has 0 saturated heterocycles. The topological polar surface area (TPSA) is 88.2 Å². The zero-order chi connectivity index (χ0) is 16.0. The number of nitro groups is 1. The van der Waals surface area contributed by atoms with Crippen molar-refractivity contribution in [3.63, 3.8) is 0 Å². The Labute approximate surface area is 122 Å². The molecule has 0 bridgehead atoms. The highest BCUT2D eigenvalue weighted by molar-refractivity contribution is 5.45. The van der Waals surface area contributed by atoms with Crippen molar-refractivity contribution in [1.82, 2.24) is 5.32 Å². The van der Waals surface area contributed by atoms with Crippen LogP contribution in [-0.4, -0.2) is 23.6 Å². The van der Waals surface area contributed by atoms with Crippen LogP contribution in [0.1, 0.15) is 25.8 Å². The maximum Gasteiger partial charge on any atom is 0.275 e. The first-order valence-electron chi connectivity index (χ1n) is 6.58. The van der Waals surface area contributed by atoms with E-state index in [0.717, 1.165) is 6.07 Å². The summed E-state index contributed by atoms with van der Waals surface area (Å²) in [4.78, 5) is 10.0. The Balaban J connectivity index is 2.66. The van der Waals surface area contributed by atoms with Crippen LogP contribution < -0.4 is 10.1 Å². The average molecular weight is 295 g/mol. The van der Waals surface area contributed by atoms with Crippen LogP contribution in [0.4, 0.5) is 10.1 Å². The van der Waals surface area contributed by atoms with Crippen molar-refractivity contribution in [2.75, 3.05) is 6.61 Å². The van der Waals surface area contributed by atoms with E-state index in [9.17, 15) is 14.5 Å². The van der Waals surface area contributed by atoms with Gasteiger partial charge in [-0.1, -0.05) is 0 Å². The van der Waals surface area contributed by atoms with Crippen molar-refractivity contribution in [1.29, 1.82) is 5.26 Å². The zero-order valence-corrected chi connectivity index (χ0v) is 12.2. The summed E-state index contributed by atoms with van der Waals surface area (Å²) in [6.45, 7) is 5.50. The van der Waals surface area contributed by atoms with E-state index in [-0.39, 0.29) is 30.1 Å². The van der Waals surface area contributed by atoms with Crippen LogP contribution in [0, 0.1) is 34.2 Å². The lowest BCUT2D eigenvalue weighted by Gasteiger charge is -2.15. The van der Waals surface area contributed by atoms with Crippen LogP contribution >= 0.6 is 0 Å². The molecule has 1 atom stereocenters. The van der Waals surface area contributed by atoms with Gasteiger partial charge in [0.15, 0.2) is 11.6 Å². The molecule has 7 heteroatoms. The van der Waals surface area contributed by atoms with Crippen molar-refractivity contribution in [3.8, 4) is 11.8 Å². The van der Waals surface area contributed by atoms with Crippen molar-refractivity contribution >= 4 is 5.69 Å². The Hall–Kier alpha value is -2.20. The van der Waals surface area contributed by atoms with Gasteiger partial charge in [-0.15, -0.1) is 0 Å². The first-order valence-corrected chi connectivity index (χ1v) is 6.58. The van der Waals surface area contributed by atoms with Crippen LogP contribution in [0.3, 0.4) is 0 Å². The second-order valence-electron chi connectivity index (χ2n) is 4.97. The Morgan fingerprint density at radius 1 is 1.52 bits per heavy atom. The van der Waals surface area contributed by atoms with E-state index < -0.39 is 10.7 Å². The summed E-state index contributed by atoms with van der Waals surface area (Å²) in [6.07, 6.45) is 0.393. The number of hydrogen-bond acceptors (Lipinski definition) is 5. The van der Waals surface area contributed by atoms with Gasteiger partial charge in [-0.25, -0.2) is 4.39 Å². The second-order valence-corrected chi connectivity index (χ2v) is 4.97. The van der Waals surface area contributed by atoms with Gasteiger partial charge in [0.25, 0.3) is 5.69 Å². The molecule has 1 aromatic rings. The SMILES string of the molecule is Cc1cc(OCCC(C#N)NC(C)C)c(F)cc1[N+](=O)[O-]. The van der Waals surface area contributed by atoms with Gasteiger partial charge in [-0.3, -0.25) is 15.4 Å². The summed E-state index contributed by atoms with van der Waals surface area (Å²) in [5.41, 5.74) is 0.0461. The molecule has 0 amide bonds. The molecule has 0 fully saturated rings. The van der Waals surface area contributed by atoms with Gasteiger partial charge in [-0.05, 0) is 26.8 Å². The molecule has 6 nitrogen and oxygen atoms in total. The van der Waals surface area contributed by atoms with E-state index in [4.69, 9.17) is 10.00 Å². The van der Waals surface area contributed by atoms with Gasteiger partial charge in [0.2, 0.25) is 0 Å². The highest BCUT2D eigenvalue weighted by atomic mass is 19.1. The summed E-state index contributed by atoms with van der Waals surface area (Å²) in [6, 6.07) is 4.02. The van der Waals surface area contributed by atoms with Crippen molar-refractivity contribution in [2.45, 2.75) is 39.3 Å². The second kappa shape index (κ2) is 7.55. The number of nitro benzene ring substituents is 1. The minimum absolute atomic E-state index is 0.0423. The van der Waals surface area contributed by atoms with E-state index in [1.165, 1.54) is 13.0 Å². The predicted octanol–water partition coefficient (Wildman–Crippen LogP) is 2.70. The molecule has 0 aromatic heterocycles. The van der Waals surface area contributed by atoms with Crippen molar-refractivity contribution in [2.24, 2.45) is 0 Å². The molecule has 1 rings (SSSR count). The summed E-state index contributed by atoms with van der Waals surface area (Å²) < 4.78 is 19.0. The molecule has 1 unspecified atom stereocenters. The fourth-order valence-corrected chi connectivity index (χ4v) is 1.83. The Morgan fingerprint density at radius 3 is 2.71 bits per heavy atom. The fraction of sp³-hybridized carbons (Fsp3) is 0.500. The number of nitriles is 1. The number of rotatable bonds is 7. The van der Waals surface area contributed by atoms with Gasteiger partial charge < -0.3 is 4.74 Å². The number of halogens is 1. The predicted molar refractivity (Wildman–Crippen MR) is 75.6 cm³/mol. The molecule has 0 aliphatic heterocycles. The summed E-state index contributed by atoms with van der Waals surface area (Å²) in [7, 11) is 0. The minimum atomic E-state index is -0.780. The van der Waals surface area contributed by atoms with E-state index in [2.05, 4.69) is 11.4 Å². The molecule has 0 radical (unpaired) electrons. The average Bonchev–Trinajstić information content (AvgIpc) is 2.40. The maximum atomic E-state index is 13.7. The quantitative estimate of drug-likeness (QED) is 0.617. The highest BCUT2D eigenvalue weighted by Gasteiger charge is 2.17. The minimum Gasteiger partial charge on any atom is -0.490 e. The van der Waals surface area contributed by atoms with Gasteiger partial charge in [0.1, 0.15) is 0 Å². The molecule has 0 saturated carbocycles. The molecule has 1 aromatic carbocycles. The molecule has 0 heterocycles. The third kappa shape index (κ3) is 5.00. The largest absolute Gasteiger partial charge is 0.490 e. The van der Waals surface area contributed by atoms with Crippen LogP contribution in [0.5, 0.6) is 5.75 Å². The van der Waals surface area contributed by atoms with Crippen LogP contribution in [0.2, 0.25) is 0 Å². The Morgan fingerprint density at radius 2 is 2.19 bits per heavy atom.